The molecule has 2 N–H and O–H groups in total. The zero-order chi connectivity index (χ0) is 16.8. The van der Waals surface area contributed by atoms with Crippen LogP contribution in [0.2, 0.25) is 0 Å². The van der Waals surface area contributed by atoms with E-state index in [-0.39, 0.29) is 11.6 Å². The Morgan fingerprint density at radius 2 is 2.08 bits per heavy atom. The van der Waals surface area contributed by atoms with Crippen molar-refractivity contribution in [3.63, 3.8) is 0 Å². The third-order valence-electron chi connectivity index (χ3n) is 4.19. The normalized spacial score (nSPS) is 16.5. The summed E-state index contributed by atoms with van der Waals surface area (Å²) in [6.07, 6.45) is 3.32. The van der Waals surface area contributed by atoms with Gasteiger partial charge >= 0.3 is 6.03 Å². The number of aromatic nitrogens is 1. The Balaban J connectivity index is 1.54. The van der Waals surface area contributed by atoms with Crippen LogP contribution in [0.15, 0.2) is 36.5 Å². The number of anilines is 1. The number of thiazole rings is 1. The summed E-state index contributed by atoms with van der Waals surface area (Å²) in [5.41, 5.74) is 0.747. The summed E-state index contributed by atoms with van der Waals surface area (Å²) < 4.78 is 11.0. The molecule has 0 bridgehead atoms. The number of urea groups is 1. The van der Waals surface area contributed by atoms with Gasteiger partial charge in [-0.15, -0.1) is 0 Å². The van der Waals surface area contributed by atoms with Crippen LogP contribution in [0.1, 0.15) is 12.8 Å². The largest absolute Gasteiger partial charge is 0.381 e. The average molecular weight is 347 g/mol. The van der Waals surface area contributed by atoms with Gasteiger partial charge in [-0.1, -0.05) is 41.7 Å². The summed E-state index contributed by atoms with van der Waals surface area (Å²) >= 11 is 1.45. The maximum atomic E-state index is 12.1. The first-order chi connectivity index (χ1) is 11.7. The summed E-state index contributed by atoms with van der Waals surface area (Å²) in [5.74, 6) is 0. The minimum atomic E-state index is -0.340. The Bertz CT molecular complexity index is 669. The molecule has 2 aromatic rings. The van der Waals surface area contributed by atoms with Crippen molar-refractivity contribution in [1.82, 2.24) is 10.3 Å². The van der Waals surface area contributed by atoms with Crippen LogP contribution in [0.5, 0.6) is 0 Å². The highest BCUT2D eigenvalue weighted by Gasteiger charge is 2.32. The van der Waals surface area contributed by atoms with E-state index in [1.54, 1.807) is 13.3 Å². The van der Waals surface area contributed by atoms with Crippen LogP contribution < -0.4 is 10.6 Å². The first kappa shape index (κ1) is 16.9. The molecule has 0 spiro atoms. The molecule has 0 radical (unpaired) electrons. The molecule has 0 atom stereocenters. The SMILES string of the molecule is COC1(CNC(=O)Nc2ncc(-c3ccccc3)s2)CCOCC1. The molecule has 0 saturated carbocycles. The molecule has 1 aliphatic heterocycles. The Hall–Kier alpha value is -1.96. The van der Waals surface area contributed by atoms with E-state index in [4.69, 9.17) is 9.47 Å². The number of nitrogens with zero attached hydrogens (tertiary/aromatic N) is 1. The van der Waals surface area contributed by atoms with Crippen molar-refractivity contribution in [1.29, 1.82) is 0 Å². The lowest BCUT2D eigenvalue weighted by Gasteiger charge is -2.35. The van der Waals surface area contributed by atoms with Crippen molar-refractivity contribution in [3.05, 3.63) is 36.5 Å². The highest BCUT2D eigenvalue weighted by molar-refractivity contribution is 7.19. The van der Waals surface area contributed by atoms with Crippen molar-refractivity contribution in [2.75, 3.05) is 32.2 Å². The topological polar surface area (TPSA) is 72.5 Å². The molecule has 128 valence electrons. The Labute approximate surface area is 145 Å². The van der Waals surface area contributed by atoms with Gasteiger partial charge in [-0.2, -0.15) is 0 Å². The molecule has 1 fully saturated rings. The zero-order valence-corrected chi connectivity index (χ0v) is 14.4. The quantitative estimate of drug-likeness (QED) is 0.872. The second-order valence-corrected chi connectivity index (χ2v) is 6.73. The van der Waals surface area contributed by atoms with Gasteiger partial charge in [0, 0.05) is 45.9 Å². The highest BCUT2D eigenvalue weighted by atomic mass is 32.1. The molecular formula is C17H21N3O3S. The molecule has 2 heterocycles. The molecule has 1 saturated heterocycles. The van der Waals surface area contributed by atoms with E-state index < -0.39 is 0 Å². The number of nitrogens with one attached hydrogen (secondary N) is 2. The first-order valence-electron chi connectivity index (χ1n) is 7.90. The molecule has 2 amide bonds. The Morgan fingerprint density at radius 1 is 1.33 bits per heavy atom. The van der Waals surface area contributed by atoms with E-state index >= 15 is 0 Å². The molecule has 1 aromatic carbocycles. The zero-order valence-electron chi connectivity index (χ0n) is 13.6. The summed E-state index contributed by atoms with van der Waals surface area (Å²) in [6.45, 7) is 1.77. The van der Waals surface area contributed by atoms with E-state index in [1.807, 2.05) is 30.3 Å². The monoisotopic (exact) mass is 347 g/mol. The molecule has 7 heteroatoms. The average Bonchev–Trinajstić information content (AvgIpc) is 3.10. The molecule has 1 aromatic heterocycles. The van der Waals surface area contributed by atoms with Gasteiger partial charge in [0.15, 0.2) is 5.13 Å². The van der Waals surface area contributed by atoms with Crippen LogP contribution in [0, 0.1) is 0 Å². The number of rotatable bonds is 5. The van der Waals surface area contributed by atoms with Gasteiger partial charge in [-0.25, -0.2) is 9.78 Å². The van der Waals surface area contributed by atoms with Gasteiger partial charge in [0.05, 0.1) is 10.5 Å². The van der Waals surface area contributed by atoms with E-state index in [0.29, 0.717) is 24.9 Å². The third-order valence-corrected chi connectivity index (χ3v) is 5.15. The van der Waals surface area contributed by atoms with Crippen LogP contribution in [0.3, 0.4) is 0 Å². The lowest BCUT2D eigenvalue weighted by Crippen LogP contribution is -2.49. The standard InChI is InChI=1S/C17H21N3O3S/c1-22-17(7-9-23-10-8-17)12-19-15(21)20-16-18-11-14(24-16)13-5-3-2-4-6-13/h2-6,11H,7-10,12H2,1H3,(H2,18,19,20,21). The van der Waals surface area contributed by atoms with Gasteiger partial charge in [-0.3, -0.25) is 5.32 Å². The van der Waals surface area contributed by atoms with E-state index in [0.717, 1.165) is 23.3 Å². The molecule has 0 aliphatic carbocycles. The number of hydrogen-bond donors (Lipinski definition) is 2. The lowest BCUT2D eigenvalue weighted by atomic mass is 9.94. The van der Waals surface area contributed by atoms with Gasteiger partial charge in [0.25, 0.3) is 0 Å². The minimum absolute atomic E-state index is 0.271. The predicted octanol–water partition coefficient (Wildman–Crippen LogP) is 3.13. The van der Waals surface area contributed by atoms with Gasteiger partial charge in [0.1, 0.15) is 0 Å². The van der Waals surface area contributed by atoms with Crippen LogP contribution in [0.4, 0.5) is 9.93 Å². The maximum absolute atomic E-state index is 12.1. The van der Waals surface area contributed by atoms with E-state index in [2.05, 4.69) is 15.6 Å². The minimum Gasteiger partial charge on any atom is -0.381 e. The van der Waals surface area contributed by atoms with Crippen molar-refractivity contribution in [2.45, 2.75) is 18.4 Å². The molecule has 3 rings (SSSR count). The Morgan fingerprint density at radius 3 is 2.79 bits per heavy atom. The van der Waals surface area contributed by atoms with Crippen molar-refractivity contribution in [3.8, 4) is 10.4 Å². The Kier molecular flexibility index (Phi) is 5.44. The summed E-state index contributed by atoms with van der Waals surface area (Å²) in [4.78, 5) is 17.4. The fourth-order valence-electron chi connectivity index (χ4n) is 2.65. The van der Waals surface area contributed by atoms with Gasteiger partial charge in [-0.05, 0) is 5.56 Å². The molecular weight excluding hydrogens is 326 g/mol. The molecule has 1 aliphatic rings. The smallest absolute Gasteiger partial charge is 0.321 e. The van der Waals surface area contributed by atoms with Crippen LogP contribution in [0.25, 0.3) is 10.4 Å². The third kappa shape index (κ3) is 4.11. The number of amides is 2. The summed E-state index contributed by atoms with van der Waals surface area (Å²) in [5, 5.41) is 6.24. The number of methoxy groups -OCH3 is 1. The maximum Gasteiger partial charge on any atom is 0.321 e. The number of hydrogen-bond acceptors (Lipinski definition) is 5. The lowest BCUT2D eigenvalue weighted by molar-refractivity contribution is -0.0859. The van der Waals surface area contributed by atoms with E-state index in [9.17, 15) is 4.79 Å². The van der Waals surface area contributed by atoms with Gasteiger partial charge < -0.3 is 14.8 Å². The molecule has 24 heavy (non-hydrogen) atoms. The number of benzene rings is 1. The van der Waals surface area contributed by atoms with Crippen LogP contribution in [-0.4, -0.2) is 43.5 Å². The molecule has 0 unspecified atom stereocenters. The van der Waals surface area contributed by atoms with Crippen LogP contribution >= 0.6 is 11.3 Å². The number of carbonyl (C=O) groups excluding carboxylic acids is 1. The van der Waals surface area contributed by atoms with E-state index in [1.165, 1.54) is 11.3 Å². The fourth-order valence-corrected chi connectivity index (χ4v) is 3.46. The fraction of sp³-hybridized carbons (Fsp3) is 0.412. The second kappa shape index (κ2) is 7.74. The van der Waals surface area contributed by atoms with Crippen molar-refractivity contribution >= 4 is 22.5 Å². The summed E-state index contributed by atoms with van der Waals surface area (Å²) in [6, 6.07) is 9.70. The number of ether oxygens (including phenoxy) is 2. The first-order valence-corrected chi connectivity index (χ1v) is 8.71. The molecule has 6 nitrogen and oxygen atoms in total. The summed E-state index contributed by atoms with van der Waals surface area (Å²) in [7, 11) is 1.68. The van der Waals surface area contributed by atoms with Crippen molar-refractivity contribution < 1.29 is 14.3 Å². The number of carbonyl (C=O) groups is 1. The van der Waals surface area contributed by atoms with Gasteiger partial charge in [0.2, 0.25) is 0 Å². The van der Waals surface area contributed by atoms with Crippen LogP contribution in [-0.2, 0) is 9.47 Å². The highest BCUT2D eigenvalue weighted by Crippen LogP contribution is 2.28. The van der Waals surface area contributed by atoms with Crippen molar-refractivity contribution in [2.24, 2.45) is 0 Å². The second-order valence-electron chi connectivity index (χ2n) is 5.70. The predicted molar refractivity (Wildman–Crippen MR) is 94.4 cm³/mol.